The molecule has 1 atom stereocenters. The van der Waals surface area contributed by atoms with E-state index in [2.05, 4.69) is 4.74 Å². The van der Waals surface area contributed by atoms with Gasteiger partial charge in [-0.3, -0.25) is 8.95 Å². The number of rotatable bonds is 5. The Labute approximate surface area is 70.5 Å². The van der Waals surface area contributed by atoms with Crippen LogP contribution in [-0.2, 0) is 15.5 Å². The van der Waals surface area contributed by atoms with Crippen molar-refractivity contribution in [2.75, 3.05) is 24.7 Å². The summed E-state index contributed by atoms with van der Waals surface area (Å²) in [5, 5.41) is 0. The summed E-state index contributed by atoms with van der Waals surface area (Å²) in [6.45, 7) is -0.366. The van der Waals surface area contributed by atoms with E-state index in [1.54, 1.807) is 0 Å². The third-order valence-electron chi connectivity index (χ3n) is 0.922. The van der Waals surface area contributed by atoms with Gasteiger partial charge in [0.15, 0.2) is 0 Å². The normalized spacial score (nSPS) is 14.7. The van der Waals surface area contributed by atoms with Crippen molar-refractivity contribution in [1.29, 1.82) is 0 Å². The molecule has 0 heterocycles. The van der Waals surface area contributed by atoms with Crippen molar-refractivity contribution < 1.29 is 22.1 Å². The molecule has 0 saturated heterocycles. The molecule has 0 aliphatic heterocycles. The van der Waals surface area contributed by atoms with Crippen LogP contribution in [0, 0.1) is 0 Å². The van der Waals surface area contributed by atoms with E-state index in [1.165, 1.54) is 0 Å². The summed E-state index contributed by atoms with van der Waals surface area (Å²) in [4.78, 5) is 0. The number of ether oxygens (including phenoxy) is 1. The van der Waals surface area contributed by atoms with E-state index in [-0.39, 0.29) is 18.1 Å². The van der Waals surface area contributed by atoms with Gasteiger partial charge in [0, 0.05) is 28.9 Å². The molecule has 3 nitrogen and oxygen atoms in total. The van der Waals surface area contributed by atoms with Gasteiger partial charge < -0.3 is 5.73 Å². The lowest BCUT2D eigenvalue weighted by Crippen LogP contribution is -2.20. The van der Waals surface area contributed by atoms with Crippen LogP contribution in [0.4, 0.5) is 13.2 Å². The van der Waals surface area contributed by atoms with E-state index in [0.717, 1.165) is 0 Å². The summed E-state index contributed by atoms with van der Waals surface area (Å²) in [7, 11) is -1.30. The van der Waals surface area contributed by atoms with Gasteiger partial charge in [-0.25, -0.2) is 0 Å². The van der Waals surface area contributed by atoms with Crippen molar-refractivity contribution in [3.8, 4) is 0 Å². The van der Waals surface area contributed by atoms with Crippen molar-refractivity contribution in [2.45, 2.75) is 6.36 Å². The monoisotopic (exact) mass is 205 g/mol. The summed E-state index contributed by atoms with van der Waals surface area (Å²) in [5.74, 6) is 0.0813. The maximum absolute atomic E-state index is 11.3. The first-order valence-electron chi connectivity index (χ1n) is 3.21. The molecule has 0 aromatic carbocycles. The number of alkyl halides is 3. The lowest BCUT2D eigenvalue weighted by molar-refractivity contribution is -0.322. The Morgan fingerprint density at radius 1 is 1.33 bits per heavy atom. The first kappa shape index (κ1) is 11.9. The second-order valence-electron chi connectivity index (χ2n) is 1.93. The van der Waals surface area contributed by atoms with Crippen LogP contribution in [0.1, 0.15) is 0 Å². The minimum atomic E-state index is -4.63. The highest BCUT2D eigenvalue weighted by Gasteiger charge is 2.28. The van der Waals surface area contributed by atoms with E-state index >= 15 is 0 Å². The minimum absolute atomic E-state index is 0.128. The highest BCUT2D eigenvalue weighted by molar-refractivity contribution is 7.85. The highest BCUT2D eigenvalue weighted by atomic mass is 32.2. The second-order valence-corrected chi connectivity index (χ2v) is 3.63. The molecule has 0 aliphatic rings. The molecule has 0 aliphatic carbocycles. The zero-order valence-electron chi connectivity index (χ0n) is 6.26. The summed E-state index contributed by atoms with van der Waals surface area (Å²) in [6, 6.07) is 0. The van der Waals surface area contributed by atoms with E-state index < -0.39 is 23.8 Å². The maximum atomic E-state index is 11.3. The second kappa shape index (κ2) is 5.50. The first-order chi connectivity index (χ1) is 5.45. The van der Waals surface area contributed by atoms with Crippen molar-refractivity contribution in [3.63, 3.8) is 0 Å². The van der Waals surface area contributed by atoms with Crippen LogP contribution >= 0.6 is 0 Å². The predicted molar refractivity (Wildman–Crippen MR) is 38.9 cm³/mol. The quantitative estimate of drug-likeness (QED) is 0.699. The summed E-state index contributed by atoms with van der Waals surface area (Å²) in [6.07, 6.45) is -4.63. The SMILES string of the molecule is NCCS(=O)CCOC(F)(F)F. The fourth-order valence-electron chi connectivity index (χ4n) is 0.484. The number of halogens is 3. The van der Waals surface area contributed by atoms with Crippen LogP contribution in [0.3, 0.4) is 0 Å². The Morgan fingerprint density at radius 3 is 2.33 bits per heavy atom. The fourth-order valence-corrected chi connectivity index (χ4v) is 1.22. The third kappa shape index (κ3) is 7.96. The first-order valence-corrected chi connectivity index (χ1v) is 4.70. The predicted octanol–water partition coefficient (Wildman–Crippen LogP) is 0.230. The van der Waals surface area contributed by atoms with Crippen LogP contribution in [-0.4, -0.2) is 35.2 Å². The van der Waals surface area contributed by atoms with Crippen molar-refractivity contribution in [1.82, 2.24) is 0 Å². The van der Waals surface area contributed by atoms with Crippen molar-refractivity contribution in [3.05, 3.63) is 0 Å². The lowest BCUT2D eigenvalue weighted by Gasteiger charge is -2.06. The maximum Gasteiger partial charge on any atom is 0.522 e. The molecule has 74 valence electrons. The van der Waals surface area contributed by atoms with Crippen LogP contribution in [0.5, 0.6) is 0 Å². The van der Waals surface area contributed by atoms with E-state index in [9.17, 15) is 17.4 Å². The molecule has 0 radical (unpaired) electrons. The Kier molecular flexibility index (Phi) is 5.43. The van der Waals surface area contributed by atoms with Gasteiger partial charge in [0.2, 0.25) is 0 Å². The Hall–Kier alpha value is -0.140. The van der Waals surface area contributed by atoms with Crippen LogP contribution < -0.4 is 5.73 Å². The molecule has 0 amide bonds. The fraction of sp³-hybridized carbons (Fsp3) is 1.00. The zero-order chi connectivity index (χ0) is 9.61. The standard InChI is InChI=1S/C5H10F3NO2S/c6-5(7,8)11-2-4-12(10)3-1-9/h1-4,9H2. The Balaban J connectivity index is 3.37. The van der Waals surface area contributed by atoms with Gasteiger partial charge >= 0.3 is 6.36 Å². The molecule has 0 aromatic rings. The molecule has 0 bridgehead atoms. The minimum Gasteiger partial charge on any atom is -0.330 e. The van der Waals surface area contributed by atoms with Gasteiger partial charge in [-0.1, -0.05) is 0 Å². The Bertz CT molecular complexity index is 150. The molecule has 0 saturated carbocycles. The average Bonchev–Trinajstić information content (AvgIpc) is 1.84. The molecule has 0 fully saturated rings. The average molecular weight is 205 g/mol. The lowest BCUT2D eigenvalue weighted by atomic mass is 10.8. The van der Waals surface area contributed by atoms with Crippen LogP contribution in [0.25, 0.3) is 0 Å². The highest BCUT2D eigenvalue weighted by Crippen LogP contribution is 2.15. The number of hydrogen-bond donors (Lipinski definition) is 1. The largest absolute Gasteiger partial charge is 0.522 e. The van der Waals surface area contributed by atoms with E-state index in [1.807, 2.05) is 0 Å². The number of hydrogen-bond acceptors (Lipinski definition) is 3. The van der Waals surface area contributed by atoms with Gasteiger partial charge in [-0.05, 0) is 0 Å². The summed E-state index contributed by atoms with van der Waals surface area (Å²) in [5.41, 5.74) is 5.03. The van der Waals surface area contributed by atoms with Crippen LogP contribution in [0.15, 0.2) is 0 Å². The summed E-state index contributed by atoms with van der Waals surface area (Å²) < 4.78 is 48.2. The van der Waals surface area contributed by atoms with Gasteiger partial charge in [0.25, 0.3) is 0 Å². The molecule has 0 aromatic heterocycles. The van der Waals surface area contributed by atoms with Gasteiger partial charge in [0.05, 0.1) is 6.61 Å². The van der Waals surface area contributed by atoms with Crippen LogP contribution in [0.2, 0.25) is 0 Å². The zero-order valence-corrected chi connectivity index (χ0v) is 7.08. The molecular weight excluding hydrogens is 195 g/mol. The molecule has 0 rings (SSSR count). The van der Waals surface area contributed by atoms with E-state index in [4.69, 9.17) is 5.73 Å². The smallest absolute Gasteiger partial charge is 0.330 e. The van der Waals surface area contributed by atoms with Crippen molar-refractivity contribution in [2.24, 2.45) is 5.73 Å². The topological polar surface area (TPSA) is 52.3 Å². The number of nitrogens with two attached hydrogens (primary N) is 1. The molecule has 1 unspecified atom stereocenters. The molecule has 0 spiro atoms. The molecular formula is C5H10F3NO2S. The van der Waals surface area contributed by atoms with Gasteiger partial charge in [0.1, 0.15) is 0 Å². The molecule has 7 heteroatoms. The van der Waals surface area contributed by atoms with E-state index in [0.29, 0.717) is 0 Å². The third-order valence-corrected chi connectivity index (χ3v) is 2.24. The molecule has 12 heavy (non-hydrogen) atoms. The molecule has 2 N–H and O–H groups in total. The summed E-state index contributed by atoms with van der Waals surface area (Å²) >= 11 is 0. The Morgan fingerprint density at radius 2 is 1.92 bits per heavy atom. The van der Waals surface area contributed by atoms with Gasteiger partial charge in [-0.15, -0.1) is 13.2 Å². The van der Waals surface area contributed by atoms with Crippen molar-refractivity contribution >= 4 is 10.8 Å². The van der Waals surface area contributed by atoms with Gasteiger partial charge in [-0.2, -0.15) is 0 Å².